The van der Waals surface area contributed by atoms with Crippen LogP contribution in [0.25, 0.3) is 0 Å². The third-order valence-corrected chi connectivity index (χ3v) is 8.56. The predicted molar refractivity (Wildman–Crippen MR) is 127 cm³/mol. The lowest BCUT2D eigenvalue weighted by Crippen LogP contribution is -2.44. The van der Waals surface area contributed by atoms with E-state index in [1.165, 1.54) is 4.31 Å². The van der Waals surface area contributed by atoms with E-state index in [1.54, 1.807) is 32.4 Å². The number of aryl methyl sites for hydroxylation is 2. The van der Waals surface area contributed by atoms with Crippen molar-refractivity contribution in [3.8, 4) is 0 Å². The maximum Gasteiger partial charge on any atom is 0.341 e. The molecule has 2 heterocycles. The summed E-state index contributed by atoms with van der Waals surface area (Å²) in [5.74, 6) is -1.34. The van der Waals surface area contributed by atoms with Gasteiger partial charge in [0.2, 0.25) is 15.9 Å². The molecule has 0 saturated carbocycles. The van der Waals surface area contributed by atoms with Crippen LogP contribution in [0.5, 0.6) is 0 Å². The number of rotatable bonds is 6. The molecule has 33 heavy (non-hydrogen) atoms. The van der Waals surface area contributed by atoms with E-state index in [9.17, 15) is 18.0 Å². The summed E-state index contributed by atoms with van der Waals surface area (Å²) in [7, 11) is -2.28. The molecular formula is C24H33N3O5S. The zero-order chi connectivity index (χ0) is 24.5. The molecule has 1 fully saturated rings. The second kappa shape index (κ2) is 9.69. The Kier molecular flexibility index (Phi) is 7.33. The Morgan fingerprint density at radius 3 is 2.45 bits per heavy atom. The molecule has 0 spiro atoms. The summed E-state index contributed by atoms with van der Waals surface area (Å²) in [4.78, 5) is 25.5. The molecule has 1 aliphatic heterocycles. The van der Waals surface area contributed by atoms with Crippen LogP contribution in [-0.2, 0) is 26.6 Å². The number of nitrogens with one attached hydrogen (secondary N) is 1. The third-order valence-electron chi connectivity index (χ3n) is 6.53. The van der Waals surface area contributed by atoms with E-state index >= 15 is 0 Å². The van der Waals surface area contributed by atoms with Gasteiger partial charge in [-0.15, -0.1) is 0 Å². The lowest BCUT2D eigenvalue weighted by molar-refractivity contribution is -0.120. The summed E-state index contributed by atoms with van der Waals surface area (Å²) in [5.41, 5.74) is 3.97. The maximum absolute atomic E-state index is 13.7. The summed E-state index contributed by atoms with van der Waals surface area (Å²) >= 11 is 0. The normalized spacial score (nSPS) is 17.1. The van der Waals surface area contributed by atoms with Crippen LogP contribution in [0, 0.1) is 33.6 Å². The number of amides is 1. The van der Waals surface area contributed by atoms with Crippen molar-refractivity contribution in [2.24, 2.45) is 13.0 Å². The van der Waals surface area contributed by atoms with Crippen molar-refractivity contribution in [1.29, 1.82) is 0 Å². The molecule has 0 bridgehead atoms. The van der Waals surface area contributed by atoms with E-state index in [0.717, 1.165) is 11.1 Å². The summed E-state index contributed by atoms with van der Waals surface area (Å²) in [5, 5.41) is 2.92. The second-order valence-corrected chi connectivity index (χ2v) is 10.5. The fraction of sp³-hybridized carbons (Fsp3) is 0.500. The van der Waals surface area contributed by atoms with E-state index in [4.69, 9.17) is 4.74 Å². The first-order chi connectivity index (χ1) is 15.5. The smallest absolute Gasteiger partial charge is 0.341 e. The number of carbonyl (C=O) groups excluding carboxylic acids is 2. The highest BCUT2D eigenvalue weighted by Gasteiger charge is 2.39. The number of ether oxygens (including phenoxy) is 1. The van der Waals surface area contributed by atoms with Crippen molar-refractivity contribution >= 4 is 27.6 Å². The molecule has 1 aromatic heterocycles. The lowest BCUT2D eigenvalue weighted by atomic mass is 9.98. The Morgan fingerprint density at radius 1 is 1.12 bits per heavy atom. The lowest BCUT2D eigenvalue weighted by Gasteiger charge is -2.31. The molecule has 1 amide bonds. The fourth-order valence-electron chi connectivity index (χ4n) is 4.24. The number of esters is 1. The largest absolute Gasteiger partial charge is 0.462 e. The molecule has 0 radical (unpaired) electrons. The van der Waals surface area contributed by atoms with Crippen molar-refractivity contribution < 1.29 is 22.7 Å². The number of aromatic nitrogens is 1. The van der Waals surface area contributed by atoms with E-state index < -0.39 is 21.9 Å². The van der Waals surface area contributed by atoms with Gasteiger partial charge in [0.15, 0.2) is 0 Å². The van der Waals surface area contributed by atoms with Crippen LogP contribution >= 0.6 is 0 Å². The number of anilines is 1. The molecule has 1 saturated heterocycles. The van der Waals surface area contributed by atoms with Gasteiger partial charge in [0.1, 0.15) is 10.5 Å². The molecule has 9 heteroatoms. The van der Waals surface area contributed by atoms with Gasteiger partial charge in [-0.1, -0.05) is 6.07 Å². The Hall–Kier alpha value is -2.65. The van der Waals surface area contributed by atoms with Gasteiger partial charge < -0.3 is 14.6 Å². The number of carbonyl (C=O) groups is 2. The molecular weight excluding hydrogens is 442 g/mol. The van der Waals surface area contributed by atoms with Gasteiger partial charge in [0.25, 0.3) is 0 Å². The SMILES string of the molecule is CCOC(=O)c1c(S(=O)(=O)N2CCC[C@H](C(=O)Nc3ccc(C)c(C)c3)C2)c(C)n(C)c1C. The minimum absolute atomic E-state index is 0.0313. The van der Waals surface area contributed by atoms with E-state index in [0.29, 0.717) is 36.5 Å². The van der Waals surface area contributed by atoms with Crippen LogP contribution in [0.2, 0.25) is 0 Å². The predicted octanol–water partition coefficient (Wildman–Crippen LogP) is 3.47. The summed E-state index contributed by atoms with van der Waals surface area (Å²) in [6.45, 7) is 9.55. The zero-order valence-electron chi connectivity index (χ0n) is 20.2. The van der Waals surface area contributed by atoms with E-state index in [1.807, 2.05) is 32.0 Å². The average molecular weight is 476 g/mol. The molecule has 0 aliphatic carbocycles. The zero-order valence-corrected chi connectivity index (χ0v) is 21.0. The van der Waals surface area contributed by atoms with Crippen LogP contribution in [0.3, 0.4) is 0 Å². The summed E-state index contributed by atoms with van der Waals surface area (Å²) < 4.78 is 35.5. The quantitative estimate of drug-likeness (QED) is 0.645. The molecule has 180 valence electrons. The van der Waals surface area contributed by atoms with Gasteiger partial charge >= 0.3 is 5.97 Å². The molecule has 0 unspecified atom stereocenters. The van der Waals surface area contributed by atoms with Crippen LogP contribution < -0.4 is 5.32 Å². The van der Waals surface area contributed by atoms with Gasteiger partial charge in [0.05, 0.1) is 12.5 Å². The standard InChI is InChI=1S/C24H33N3O5S/c1-7-32-24(29)21-17(4)26(6)18(5)22(21)33(30,31)27-12-8-9-19(14-27)23(28)25-20-11-10-15(2)16(3)13-20/h10-11,13,19H,7-9,12,14H2,1-6H3,(H,25,28)/t19-/m0/s1. The Balaban J connectivity index is 1.88. The van der Waals surface area contributed by atoms with Crippen molar-refractivity contribution in [2.45, 2.75) is 52.4 Å². The van der Waals surface area contributed by atoms with Crippen LogP contribution in [0.1, 0.15) is 52.6 Å². The average Bonchev–Trinajstić information content (AvgIpc) is 3.01. The Morgan fingerprint density at radius 2 is 1.82 bits per heavy atom. The maximum atomic E-state index is 13.7. The summed E-state index contributed by atoms with van der Waals surface area (Å²) in [6.07, 6.45) is 1.16. The Bertz CT molecular complexity index is 1180. The van der Waals surface area contributed by atoms with Crippen LogP contribution in [0.15, 0.2) is 23.1 Å². The molecule has 1 atom stereocenters. The van der Waals surface area contributed by atoms with Gasteiger partial charge in [-0.25, -0.2) is 13.2 Å². The first-order valence-electron chi connectivity index (χ1n) is 11.2. The molecule has 8 nitrogen and oxygen atoms in total. The Labute approximate surface area is 196 Å². The number of nitrogens with zero attached hydrogens (tertiary/aromatic N) is 2. The number of piperidine rings is 1. The number of benzene rings is 1. The van der Waals surface area contributed by atoms with Gasteiger partial charge in [-0.2, -0.15) is 4.31 Å². The van der Waals surface area contributed by atoms with Gasteiger partial charge in [-0.3, -0.25) is 4.79 Å². The first-order valence-corrected chi connectivity index (χ1v) is 12.6. The van der Waals surface area contributed by atoms with Gasteiger partial charge in [0, 0.05) is 37.2 Å². The monoisotopic (exact) mass is 475 g/mol. The molecule has 2 aromatic rings. The van der Waals surface area contributed by atoms with E-state index in [-0.39, 0.29) is 29.5 Å². The van der Waals surface area contributed by atoms with Gasteiger partial charge in [-0.05, 0) is 70.7 Å². The topological polar surface area (TPSA) is 97.7 Å². The van der Waals surface area contributed by atoms with Crippen molar-refractivity contribution in [1.82, 2.24) is 8.87 Å². The van der Waals surface area contributed by atoms with Crippen LogP contribution in [0.4, 0.5) is 5.69 Å². The second-order valence-electron chi connectivity index (χ2n) is 8.64. The number of sulfonamides is 1. The van der Waals surface area contributed by atoms with Crippen molar-refractivity contribution in [3.63, 3.8) is 0 Å². The molecule has 1 N–H and O–H groups in total. The highest BCUT2D eigenvalue weighted by molar-refractivity contribution is 7.89. The molecule has 1 aliphatic rings. The number of hydrogen-bond donors (Lipinski definition) is 1. The van der Waals surface area contributed by atoms with E-state index in [2.05, 4.69) is 5.32 Å². The minimum Gasteiger partial charge on any atom is -0.462 e. The highest BCUT2D eigenvalue weighted by atomic mass is 32.2. The third kappa shape index (κ3) is 4.84. The number of hydrogen-bond acceptors (Lipinski definition) is 5. The molecule has 1 aromatic carbocycles. The summed E-state index contributed by atoms with van der Waals surface area (Å²) in [6, 6.07) is 5.70. The fourth-order valence-corrected chi connectivity index (χ4v) is 6.25. The minimum atomic E-state index is -4.01. The van der Waals surface area contributed by atoms with Crippen molar-refractivity contribution in [2.75, 3.05) is 25.0 Å². The van der Waals surface area contributed by atoms with Crippen molar-refractivity contribution in [3.05, 3.63) is 46.3 Å². The van der Waals surface area contributed by atoms with Crippen LogP contribution in [-0.4, -0.2) is 48.9 Å². The molecule has 3 rings (SSSR count). The highest BCUT2D eigenvalue weighted by Crippen LogP contribution is 2.32. The first kappa shape index (κ1) is 25.0.